The number of nitrogens with zero attached hydrogens (tertiary/aromatic N) is 2. The second-order valence-corrected chi connectivity index (χ2v) is 5.54. The number of piperidine rings is 1. The van der Waals surface area contributed by atoms with Gasteiger partial charge in [0.25, 0.3) is 5.91 Å². The van der Waals surface area contributed by atoms with E-state index in [9.17, 15) is 9.18 Å². The molecule has 1 saturated heterocycles. The standard InChI is InChI=1S/C15H23FN4O/c1-3-17-14-13(8-12(16)10-18-14)15(21)19-9-11-4-6-20(2)7-5-11/h8,10-11H,3-7,9H2,1-2H3,(H,17,18)(H,19,21). The Morgan fingerprint density at radius 1 is 1.48 bits per heavy atom. The number of aromatic nitrogens is 1. The summed E-state index contributed by atoms with van der Waals surface area (Å²) in [7, 11) is 2.11. The topological polar surface area (TPSA) is 57.3 Å². The lowest BCUT2D eigenvalue weighted by Gasteiger charge is -2.29. The van der Waals surface area contributed by atoms with Crippen LogP contribution in [-0.4, -0.2) is 49.0 Å². The van der Waals surface area contributed by atoms with Gasteiger partial charge in [0, 0.05) is 13.1 Å². The van der Waals surface area contributed by atoms with Crippen molar-refractivity contribution >= 4 is 11.7 Å². The number of rotatable bonds is 5. The zero-order chi connectivity index (χ0) is 15.2. The Kier molecular flexibility index (Phi) is 5.50. The molecule has 5 nitrogen and oxygen atoms in total. The first-order valence-electron chi connectivity index (χ1n) is 7.46. The summed E-state index contributed by atoms with van der Waals surface area (Å²) < 4.78 is 13.3. The molecule has 0 bridgehead atoms. The zero-order valence-corrected chi connectivity index (χ0v) is 12.7. The maximum absolute atomic E-state index is 13.3. The summed E-state index contributed by atoms with van der Waals surface area (Å²) in [4.78, 5) is 18.5. The van der Waals surface area contributed by atoms with E-state index in [2.05, 4.69) is 27.6 Å². The number of amides is 1. The number of pyridine rings is 1. The van der Waals surface area contributed by atoms with E-state index in [1.807, 2.05) is 6.92 Å². The quantitative estimate of drug-likeness (QED) is 0.868. The fraction of sp³-hybridized carbons (Fsp3) is 0.600. The van der Waals surface area contributed by atoms with E-state index in [4.69, 9.17) is 0 Å². The molecule has 0 aromatic carbocycles. The van der Waals surface area contributed by atoms with Crippen molar-refractivity contribution in [3.8, 4) is 0 Å². The summed E-state index contributed by atoms with van der Waals surface area (Å²) in [5.74, 6) is 0.159. The smallest absolute Gasteiger partial charge is 0.255 e. The van der Waals surface area contributed by atoms with Gasteiger partial charge in [0.2, 0.25) is 0 Å². The molecule has 0 unspecified atom stereocenters. The first-order chi connectivity index (χ1) is 10.1. The first-order valence-corrected chi connectivity index (χ1v) is 7.46. The normalized spacial score (nSPS) is 16.7. The highest BCUT2D eigenvalue weighted by Gasteiger charge is 2.19. The molecular formula is C15H23FN4O. The van der Waals surface area contributed by atoms with E-state index in [1.165, 1.54) is 6.07 Å². The van der Waals surface area contributed by atoms with Crippen LogP contribution in [0, 0.1) is 11.7 Å². The molecule has 116 valence electrons. The van der Waals surface area contributed by atoms with Gasteiger partial charge >= 0.3 is 0 Å². The van der Waals surface area contributed by atoms with Gasteiger partial charge in [-0.25, -0.2) is 9.37 Å². The Labute approximate surface area is 124 Å². The lowest BCUT2D eigenvalue weighted by Crippen LogP contribution is -2.37. The van der Waals surface area contributed by atoms with Crippen molar-refractivity contribution in [1.29, 1.82) is 0 Å². The SMILES string of the molecule is CCNc1ncc(F)cc1C(=O)NCC1CCN(C)CC1. The minimum atomic E-state index is -0.499. The van der Waals surface area contributed by atoms with Crippen LogP contribution in [0.15, 0.2) is 12.3 Å². The molecule has 1 aromatic heterocycles. The Bertz CT molecular complexity index is 487. The van der Waals surface area contributed by atoms with Gasteiger partial charge in [-0.15, -0.1) is 0 Å². The third-order valence-corrected chi connectivity index (χ3v) is 3.83. The van der Waals surface area contributed by atoms with Crippen LogP contribution in [0.3, 0.4) is 0 Å². The highest BCUT2D eigenvalue weighted by molar-refractivity contribution is 5.98. The Morgan fingerprint density at radius 3 is 2.86 bits per heavy atom. The summed E-state index contributed by atoms with van der Waals surface area (Å²) in [6.45, 7) is 5.29. The highest BCUT2D eigenvalue weighted by Crippen LogP contribution is 2.16. The van der Waals surface area contributed by atoms with Crippen LogP contribution >= 0.6 is 0 Å². The molecule has 21 heavy (non-hydrogen) atoms. The number of carbonyl (C=O) groups excluding carboxylic acids is 1. The summed E-state index contributed by atoms with van der Waals surface area (Å²) in [5, 5.41) is 5.89. The molecule has 1 amide bonds. The molecule has 6 heteroatoms. The molecule has 1 aliphatic rings. The van der Waals surface area contributed by atoms with Crippen LogP contribution in [-0.2, 0) is 0 Å². The molecule has 0 saturated carbocycles. The number of hydrogen-bond acceptors (Lipinski definition) is 4. The molecule has 1 aromatic rings. The molecule has 2 heterocycles. The summed E-state index contributed by atoms with van der Waals surface area (Å²) >= 11 is 0. The predicted octanol–water partition coefficient (Wildman–Crippen LogP) is 1.72. The van der Waals surface area contributed by atoms with Crippen LogP contribution in [0.1, 0.15) is 30.1 Å². The number of likely N-dealkylation sites (tertiary alicyclic amines) is 1. The van der Waals surface area contributed by atoms with Gasteiger partial charge in [0.05, 0.1) is 11.8 Å². The monoisotopic (exact) mass is 294 g/mol. The lowest BCUT2D eigenvalue weighted by atomic mass is 9.97. The molecule has 0 atom stereocenters. The van der Waals surface area contributed by atoms with Crippen molar-refractivity contribution in [1.82, 2.24) is 15.2 Å². The summed E-state index contributed by atoms with van der Waals surface area (Å²) in [5.41, 5.74) is 0.268. The molecule has 2 N–H and O–H groups in total. The van der Waals surface area contributed by atoms with E-state index in [1.54, 1.807) is 0 Å². The number of hydrogen-bond donors (Lipinski definition) is 2. The second kappa shape index (κ2) is 7.36. The van der Waals surface area contributed by atoms with Gasteiger partial charge in [0.15, 0.2) is 0 Å². The molecule has 2 rings (SSSR count). The molecule has 0 spiro atoms. The van der Waals surface area contributed by atoms with Crippen LogP contribution in [0.2, 0.25) is 0 Å². The Morgan fingerprint density at radius 2 is 2.19 bits per heavy atom. The fourth-order valence-electron chi connectivity index (χ4n) is 2.52. The minimum Gasteiger partial charge on any atom is -0.370 e. The van der Waals surface area contributed by atoms with E-state index in [0.29, 0.717) is 24.8 Å². The lowest BCUT2D eigenvalue weighted by molar-refractivity contribution is 0.0939. The zero-order valence-electron chi connectivity index (χ0n) is 12.7. The van der Waals surface area contributed by atoms with Crippen molar-refractivity contribution in [3.63, 3.8) is 0 Å². The molecule has 1 fully saturated rings. The van der Waals surface area contributed by atoms with Crippen LogP contribution in [0.25, 0.3) is 0 Å². The van der Waals surface area contributed by atoms with Crippen LogP contribution in [0.4, 0.5) is 10.2 Å². The number of anilines is 1. The molecule has 1 aliphatic heterocycles. The average Bonchev–Trinajstić information content (AvgIpc) is 2.48. The summed E-state index contributed by atoms with van der Waals surface area (Å²) in [6.07, 6.45) is 3.28. The first kappa shape index (κ1) is 15.7. The number of halogens is 1. The highest BCUT2D eigenvalue weighted by atomic mass is 19.1. The third-order valence-electron chi connectivity index (χ3n) is 3.83. The van der Waals surface area contributed by atoms with Crippen molar-refractivity contribution in [2.45, 2.75) is 19.8 Å². The maximum Gasteiger partial charge on any atom is 0.255 e. The predicted molar refractivity (Wildman–Crippen MR) is 80.9 cm³/mol. The van der Waals surface area contributed by atoms with E-state index in [-0.39, 0.29) is 11.5 Å². The Balaban J connectivity index is 1.95. The van der Waals surface area contributed by atoms with Crippen molar-refractivity contribution in [2.24, 2.45) is 5.92 Å². The van der Waals surface area contributed by atoms with E-state index >= 15 is 0 Å². The van der Waals surface area contributed by atoms with Crippen LogP contribution < -0.4 is 10.6 Å². The van der Waals surface area contributed by atoms with Gasteiger partial charge in [-0.1, -0.05) is 0 Å². The van der Waals surface area contributed by atoms with Gasteiger partial charge in [-0.05, 0) is 51.9 Å². The van der Waals surface area contributed by atoms with Gasteiger partial charge < -0.3 is 15.5 Å². The minimum absolute atomic E-state index is 0.267. The van der Waals surface area contributed by atoms with E-state index < -0.39 is 5.82 Å². The number of nitrogens with one attached hydrogen (secondary N) is 2. The Hall–Kier alpha value is -1.69. The van der Waals surface area contributed by atoms with Gasteiger partial charge in [-0.3, -0.25) is 4.79 Å². The molecular weight excluding hydrogens is 271 g/mol. The third kappa shape index (κ3) is 4.39. The average molecular weight is 294 g/mol. The molecule has 0 aliphatic carbocycles. The second-order valence-electron chi connectivity index (χ2n) is 5.54. The molecule has 0 radical (unpaired) electrons. The maximum atomic E-state index is 13.3. The van der Waals surface area contributed by atoms with Crippen molar-refractivity contribution < 1.29 is 9.18 Å². The number of carbonyl (C=O) groups is 1. The van der Waals surface area contributed by atoms with Gasteiger partial charge in [0.1, 0.15) is 11.6 Å². The summed E-state index contributed by atoms with van der Waals surface area (Å²) in [6, 6.07) is 1.23. The van der Waals surface area contributed by atoms with Crippen molar-refractivity contribution in [2.75, 3.05) is 38.5 Å². The van der Waals surface area contributed by atoms with E-state index in [0.717, 1.165) is 32.1 Å². The largest absolute Gasteiger partial charge is 0.370 e. The van der Waals surface area contributed by atoms with Gasteiger partial charge in [-0.2, -0.15) is 0 Å². The van der Waals surface area contributed by atoms with Crippen molar-refractivity contribution in [3.05, 3.63) is 23.6 Å². The van der Waals surface area contributed by atoms with Crippen LogP contribution in [0.5, 0.6) is 0 Å². The fourth-order valence-corrected chi connectivity index (χ4v) is 2.52.